The summed E-state index contributed by atoms with van der Waals surface area (Å²) >= 11 is 7.93. The largest absolute Gasteiger partial charge is 0.495 e. The number of halogens is 1. The van der Waals surface area contributed by atoms with Crippen LogP contribution in [-0.4, -0.2) is 17.1 Å². The third kappa shape index (κ3) is 3.89. The summed E-state index contributed by atoms with van der Waals surface area (Å²) in [6.45, 7) is 2.08. The lowest BCUT2D eigenvalue weighted by Gasteiger charge is -2.11. The molecule has 2 aromatic heterocycles. The van der Waals surface area contributed by atoms with E-state index in [2.05, 4.69) is 30.4 Å². The van der Waals surface area contributed by atoms with E-state index in [1.54, 1.807) is 18.4 Å². The molecule has 0 unspecified atom stereocenters. The number of hydrogen-bond acceptors (Lipinski definition) is 5. The van der Waals surface area contributed by atoms with Gasteiger partial charge >= 0.3 is 0 Å². The molecule has 0 saturated heterocycles. The summed E-state index contributed by atoms with van der Waals surface area (Å²) in [5.74, 6) is 2.22. The third-order valence-corrected chi connectivity index (χ3v) is 5.42. The highest BCUT2D eigenvalue weighted by atomic mass is 35.5. The minimum Gasteiger partial charge on any atom is -0.495 e. The standard InChI is InChI=1S/C21H18ClN3OS/c1-13-10-16-20(23-15-8-9-18(26-2)17(22)12-15)24-19(25-21(16)27-13)11-14-6-4-3-5-7-14/h3-10,12H,11H2,1-2H3,(H,23,24,25). The molecule has 1 N–H and O–H groups in total. The molecule has 4 nitrogen and oxygen atoms in total. The SMILES string of the molecule is COc1ccc(Nc2nc(Cc3ccccc3)nc3sc(C)cc23)cc1Cl. The van der Waals surface area contributed by atoms with Crippen molar-refractivity contribution in [3.63, 3.8) is 0 Å². The first-order chi connectivity index (χ1) is 13.1. The van der Waals surface area contributed by atoms with Crippen molar-refractivity contribution in [2.75, 3.05) is 12.4 Å². The molecule has 0 radical (unpaired) electrons. The van der Waals surface area contributed by atoms with E-state index < -0.39 is 0 Å². The monoisotopic (exact) mass is 395 g/mol. The number of methoxy groups -OCH3 is 1. The van der Waals surface area contributed by atoms with Crippen molar-refractivity contribution in [3.05, 3.63) is 75.9 Å². The molecule has 6 heteroatoms. The van der Waals surface area contributed by atoms with Crippen molar-refractivity contribution in [1.82, 2.24) is 9.97 Å². The summed E-state index contributed by atoms with van der Waals surface area (Å²) in [4.78, 5) is 11.7. The Morgan fingerprint density at radius 2 is 1.89 bits per heavy atom. The van der Waals surface area contributed by atoms with Crippen molar-refractivity contribution in [2.45, 2.75) is 13.3 Å². The highest BCUT2D eigenvalue weighted by molar-refractivity contribution is 7.18. The molecule has 0 bridgehead atoms. The molecule has 2 heterocycles. The van der Waals surface area contributed by atoms with E-state index in [1.165, 1.54) is 10.4 Å². The Morgan fingerprint density at radius 1 is 1.07 bits per heavy atom. The summed E-state index contributed by atoms with van der Waals surface area (Å²) < 4.78 is 5.23. The summed E-state index contributed by atoms with van der Waals surface area (Å²) in [7, 11) is 1.60. The van der Waals surface area contributed by atoms with E-state index in [1.807, 2.05) is 36.4 Å². The molecule has 0 spiro atoms. The number of fused-ring (bicyclic) bond motifs is 1. The Balaban J connectivity index is 1.73. The fraction of sp³-hybridized carbons (Fsp3) is 0.143. The Morgan fingerprint density at radius 3 is 2.63 bits per heavy atom. The molecular formula is C21H18ClN3OS. The maximum Gasteiger partial charge on any atom is 0.142 e. The van der Waals surface area contributed by atoms with Crippen LogP contribution < -0.4 is 10.1 Å². The molecule has 0 saturated carbocycles. The van der Waals surface area contributed by atoms with Gasteiger partial charge in [-0.3, -0.25) is 0 Å². The summed E-state index contributed by atoms with van der Waals surface area (Å²) in [5, 5.41) is 4.96. The molecule has 0 aliphatic rings. The van der Waals surface area contributed by atoms with Crippen LogP contribution in [0.2, 0.25) is 5.02 Å². The van der Waals surface area contributed by atoms with Crippen molar-refractivity contribution < 1.29 is 4.74 Å². The summed E-state index contributed by atoms with van der Waals surface area (Å²) in [5.41, 5.74) is 2.04. The van der Waals surface area contributed by atoms with Crippen molar-refractivity contribution >= 4 is 44.7 Å². The van der Waals surface area contributed by atoms with Crippen LogP contribution in [0.25, 0.3) is 10.2 Å². The fourth-order valence-electron chi connectivity index (χ4n) is 2.92. The van der Waals surface area contributed by atoms with E-state index in [0.717, 1.165) is 27.5 Å². The average molecular weight is 396 g/mol. The molecule has 0 amide bonds. The number of nitrogens with zero attached hydrogens (tertiary/aromatic N) is 2. The number of ether oxygens (including phenoxy) is 1. The smallest absolute Gasteiger partial charge is 0.142 e. The van der Waals surface area contributed by atoms with Gasteiger partial charge in [0, 0.05) is 17.0 Å². The zero-order chi connectivity index (χ0) is 18.8. The molecule has 136 valence electrons. The molecule has 0 fully saturated rings. The quantitative estimate of drug-likeness (QED) is 0.450. The zero-order valence-electron chi connectivity index (χ0n) is 15.0. The van der Waals surface area contributed by atoms with Gasteiger partial charge in [0.05, 0.1) is 17.5 Å². The topological polar surface area (TPSA) is 47.0 Å². The lowest BCUT2D eigenvalue weighted by atomic mass is 10.1. The van der Waals surface area contributed by atoms with Crippen LogP contribution in [0.15, 0.2) is 54.6 Å². The van der Waals surface area contributed by atoms with E-state index >= 15 is 0 Å². The summed E-state index contributed by atoms with van der Waals surface area (Å²) in [6, 6.07) is 18.0. The second kappa shape index (κ2) is 7.55. The van der Waals surface area contributed by atoms with Gasteiger partial charge in [-0.2, -0.15) is 0 Å². The van der Waals surface area contributed by atoms with Crippen molar-refractivity contribution in [2.24, 2.45) is 0 Å². The lowest BCUT2D eigenvalue weighted by Crippen LogP contribution is -2.01. The van der Waals surface area contributed by atoms with Crippen LogP contribution in [0.5, 0.6) is 5.75 Å². The van der Waals surface area contributed by atoms with Gasteiger partial charge in [-0.05, 0) is 36.8 Å². The average Bonchev–Trinajstić information content (AvgIpc) is 3.03. The number of aryl methyl sites for hydroxylation is 1. The van der Waals surface area contributed by atoms with Crippen LogP contribution in [-0.2, 0) is 6.42 Å². The number of hydrogen-bond donors (Lipinski definition) is 1. The zero-order valence-corrected chi connectivity index (χ0v) is 16.6. The minimum atomic E-state index is 0.554. The fourth-order valence-corrected chi connectivity index (χ4v) is 4.08. The highest BCUT2D eigenvalue weighted by Crippen LogP contribution is 2.33. The first-order valence-electron chi connectivity index (χ1n) is 8.54. The first kappa shape index (κ1) is 17.8. The van der Waals surface area contributed by atoms with Crippen LogP contribution in [0.3, 0.4) is 0 Å². The van der Waals surface area contributed by atoms with E-state index in [-0.39, 0.29) is 0 Å². The van der Waals surface area contributed by atoms with Crippen molar-refractivity contribution in [1.29, 1.82) is 0 Å². The van der Waals surface area contributed by atoms with Gasteiger partial charge in [-0.25, -0.2) is 9.97 Å². The Hall–Kier alpha value is -2.63. The molecule has 0 aliphatic carbocycles. The highest BCUT2D eigenvalue weighted by Gasteiger charge is 2.12. The molecule has 27 heavy (non-hydrogen) atoms. The minimum absolute atomic E-state index is 0.554. The number of benzene rings is 2. The van der Waals surface area contributed by atoms with Crippen LogP contribution in [0.1, 0.15) is 16.3 Å². The number of anilines is 2. The van der Waals surface area contributed by atoms with Crippen molar-refractivity contribution in [3.8, 4) is 5.75 Å². The Labute approximate surface area is 166 Å². The van der Waals surface area contributed by atoms with Gasteiger partial charge in [0.2, 0.25) is 0 Å². The van der Waals surface area contributed by atoms with Gasteiger partial charge in [0.1, 0.15) is 22.2 Å². The predicted octanol–water partition coefficient (Wildman–Crippen LogP) is 6.00. The van der Waals surface area contributed by atoms with Gasteiger partial charge in [0.25, 0.3) is 0 Å². The number of thiophene rings is 1. The predicted molar refractivity (Wildman–Crippen MR) is 113 cm³/mol. The van der Waals surface area contributed by atoms with Gasteiger partial charge in [-0.15, -0.1) is 11.3 Å². The van der Waals surface area contributed by atoms with E-state index in [4.69, 9.17) is 26.3 Å². The van der Waals surface area contributed by atoms with Gasteiger partial charge < -0.3 is 10.1 Å². The number of rotatable bonds is 5. The maximum absolute atomic E-state index is 6.26. The normalized spacial score (nSPS) is 10.9. The molecular weight excluding hydrogens is 378 g/mol. The van der Waals surface area contributed by atoms with Crippen LogP contribution >= 0.6 is 22.9 Å². The maximum atomic E-state index is 6.26. The molecule has 2 aromatic carbocycles. The van der Waals surface area contributed by atoms with E-state index in [9.17, 15) is 0 Å². The number of nitrogens with one attached hydrogen (secondary N) is 1. The van der Waals surface area contributed by atoms with Gasteiger partial charge in [0.15, 0.2) is 0 Å². The third-order valence-electron chi connectivity index (χ3n) is 4.18. The second-order valence-corrected chi connectivity index (χ2v) is 7.84. The van der Waals surface area contributed by atoms with Crippen LogP contribution in [0, 0.1) is 6.92 Å². The summed E-state index contributed by atoms with van der Waals surface area (Å²) in [6.07, 6.45) is 0.686. The Kier molecular flexibility index (Phi) is 4.97. The first-order valence-corrected chi connectivity index (χ1v) is 9.73. The van der Waals surface area contributed by atoms with Gasteiger partial charge in [-0.1, -0.05) is 41.9 Å². The molecule has 4 rings (SSSR count). The number of aromatic nitrogens is 2. The molecule has 4 aromatic rings. The molecule has 0 aliphatic heterocycles. The molecule has 0 atom stereocenters. The Bertz CT molecular complexity index is 1100. The van der Waals surface area contributed by atoms with Crippen LogP contribution in [0.4, 0.5) is 11.5 Å². The lowest BCUT2D eigenvalue weighted by molar-refractivity contribution is 0.415. The van der Waals surface area contributed by atoms with E-state index in [0.29, 0.717) is 17.2 Å². The second-order valence-electron chi connectivity index (χ2n) is 6.20.